The predicted molar refractivity (Wildman–Crippen MR) is 85.0 cm³/mol. The van der Waals surface area contributed by atoms with E-state index in [1.54, 1.807) is 12.1 Å². The van der Waals surface area contributed by atoms with Crippen LogP contribution in [0.3, 0.4) is 0 Å². The molecule has 0 radical (unpaired) electrons. The number of halogens is 1. The first kappa shape index (κ1) is 12.6. The van der Waals surface area contributed by atoms with Crippen molar-refractivity contribution in [3.05, 3.63) is 83.7 Å². The van der Waals surface area contributed by atoms with Gasteiger partial charge in [0.2, 0.25) is 0 Å². The quantitative estimate of drug-likeness (QED) is 0.695. The third kappa shape index (κ3) is 2.23. The lowest BCUT2D eigenvalue weighted by Crippen LogP contribution is -2.20. The van der Waals surface area contributed by atoms with Crippen LogP contribution in [0.2, 0.25) is 0 Å². The van der Waals surface area contributed by atoms with E-state index in [2.05, 4.69) is 42.5 Å². The highest BCUT2D eigenvalue weighted by atomic mass is 19.1. The zero-order valence-electron chi connectivity index (χ0n) is 11.8. The summed E-state index contributed by atoms with van der Waals surface area (Å²) in [5.74, 6) is 0.800. The minimum Gasteiger partial charge on any atom is -0.207 e. The lowest BCUT2D eigenvalue weighted by atomic mass is 9.69. The van der Waals surface area contributed by atoms with Gasteiger partial charge in [0.15, 0.2) is 0 Å². The Morgan fingerprint density at radius 1 is 0.667 bits per heavy atom. The van der Waals surface area contributed by atoms with Gasteiger partial charge in [0.05, 0.1) is 0 Å². The number of fused-ring (bicyclic) bond motifs is 1. The van der Waals surface area contributed by atoms with Crippen molar-refractivity contribution >= 4 is 11.1 Å². The van der Waals surface area contributed by atoms with Crippen molar-refractivity contribution < 1.29 is 4.39 Å². The Labute approximate surface area is 124 Å². The molecule has 0 saturated carbocycles. The zero-order valence-corrected chi connectivity index (χ0v) is 11.8. The molecule has 0 saturated heterocycles. The van der Waals surface area contributed by atoms with E-state index in [-0.39, 0.29) is 5.82 Å². The Hall–Kier alpha value is -2.15. The van der Waals surface area contributed by atoms with Gasteiger partial charge in [-0.3, -0.25) is 0 Å². The van der Waals surface area contributed by atoms with Crippen molar-refractivity contribution in [2.24, 2.45) is 11.8 Å². The molecule has 0 fully saturated rings. The van der Waals surface area contributed by atoms with E-state index in [4.69, 9.17) is 0 Å². The maximum Gasteiger partial charge on any atom is 0.123 e. The summed E-state index contributed by atoms with van der Waals surface area (Å²) in [4.78, 5) is 0. The van der Waals surface area contributed by atoms with Gasteiger partial charge < -0.3 is 0 Å². The SMILES string of the molecule is Fc1ccc(C2=C[C@H]3CC[C@@H]2C=C3c2ccccc2)cc1. The average Bonchev–Trinajstić information content (AvgIpc) is 2.57. The summed E-state index contributed by atoms with van der Waals surface area (Å²) in [5.41, 5.74) is 5.32. The molecule has 2 aromatic carbocycles. The van der Waals surface area contributed by atoms with Crippen LogP contribution in [-0.2, 0) is 0 Å². The fourth-order valence-electron chi connectivity index (χ4n) is 3.59. The Balaban J connectivity index is 1.69. The maximum absolute atomic E-state index is 13.1. The van der Waals surface area contributed by atoms with E-state index in [1.807, 2.05) is 12.1 Å². The van der Waals surface area contributed by atoms with E-state index in [0.717, 1.165) is 5.56 Å². The summed E-state index contributed by atoms with van der Waals surface area (Å²) in [7, 11) is 0. The van der Waals surface area contributed by atoms with Gasteiger partial charge in [0.1, 0.15) is 5.82 Å². The molecule has 0 aliphatic heterocycles. The van der Waals surface area contributed by atoms with Gasteiger partial charge in [-0.2, -0.15) is 0 Å². The number of allylic oxidation sites excluding steroid dienone is 4. The van der Waals surface area contributed by atoms with E-state index in [1.165, 1.54) is 29.6 Å². The second-order valence-electron chi connectivity index (χ2n) is 5.91. The van der Waals surface area contributed by atoms with Gasteiger partial charge in [-0.25, -0.2) is 4.39 Å². The van der Waals surface area contributed by atoms with Crippen molar-refractivity contribution in [1.29, 1.82) is 0 Å². The fourth-order valence-corrected chi connectivity index (χ4v) is 3.59. The standard InChI is InChI=1S/C20H17F/c21-18-10-8-15(9-11-18)20-13-16-6-7-17(20)12-19(16)14-4-2-1-3-5-14/h1-5,8-13,16-17H,6-7H2/t16-,17-/m1/s1. The molecule has 3 aliphatic carbocycles. The van der Waals surface area contributed by atoms with E-state index < -0.39 is 0 Å². The molecule has 3 aliphatic rings. The molecule has 0 amide bonds. The van der Waals surface area contributed by atoms with Crippen molar-refractivity contribution in [2.45, 2.75) is 12.8 Å². The van der Waals surface area contributed by atoms with E-state index in [0.29, 0.717) is 11.8 Å². The molecule has 0 N–H and O–H groups in total. The van der Waals surface area contributed by atoms with Crippen LogP contribution in [0.5, 0.6) is 0 Å². The van der Waals surface area contributed by atoms with Crippen LogP contribution in [0.4, 0.5) is 4.39 Å². The van der Waals surface area contributed by atoms with Crippen LogP contribution in [0.1, 0.15) is 24.0 Å². The average molecular weight is 276 g/mol. The molecule has 2 bridgehead atoms. The molecule has 2 aromatic rings. The van der Waals surface area contributed by atoms with E-state index in [9.17, 15) is 4.39 Å². The Morgan fingerprint density at radius 3 is 1.71 bits per heavy atom. The zero-order chi connectivity index (χ0) is 14.2. The summed E-state index contributed by atoms with van der Waals surface area (Å²) >= 11 is 0. The topological polar surface area (TPSA) is 0 Å². The molecule has 104 valence electrons. The maximum atomic E-state index is 13.1. The predicted octanol–water partition coefficient (Wildman–Crippen LogP) is 5.33. The van der Waals surface area contributed by atoms with Gasteiger partial charge in [-0.15, -0.1) is 0 Å². The first-order valence-corrected chi connectivity index (χ1v) is 7.56. The molecule has 21 heavy (non-hydrogen) atoms. The van der Waals surface area contributed by atoms with Gasteiger partial charge >= 0.3 is 0 Å². The number of rotatable bonds is 2. The molecular formula is C20H17F. The summed E-state index contributed by atoms with van der Waals surface area (Å²) < 4.78 is 13.1. The van der Waals surface area contributed by atoms with Crippen molar-refractivity contribution in [3.63, 3.8) is 0 Å². The minimum atomic E-state index is -0.166. The minimum absolute atomic E-state index is 0.166. The third-order valence-electron chi connectivity index (χ3n) is 4.63. The summed E-state index contributed by atoms with van der Waals surface area (Å²) in [6.07, 6.45) is 7.23. The molecule has 0 heterocycles. The Morgan fingerprint density at radius 2 is 1.19 bits per heavy atom. The van der Waals surface area contributed by atoms with Crippen LogP contribution in [-0.4, -0.2) is 0 Å². The Kier molecular flexibility index (Phi) is 2.99. The lowest BCUT2D eigenvalue weighted by Gasteiger charge is -2.35. The van der Waals surface area contributed by atoms with Crippen LogP contribution >= 0.6 is 0 Å². The first-order valence-electron chi connectivity index (χ1n) is 7.56. The second kappa shape index (κ2) is 5.00. The molecular weight excluding hydrogens is 259 g/mol. The van der Waals surface area contributed by atoms with Crippen molar-refractivity contribution in [3.8, 4) is 0 Å². The van der Waals surface area contributed by atoms with Crippen molar-refractivity contribution in [2.75, 3.05) is 0 Å². The number of hydrogen-bond acceptors (Lipinski definition) is 0. The summed E-state index contributed by atoms with van der Waals surface area (Å²) in [6, 6.07) is 17.6. The molecule has 0 aromatic heterocycles. The van der Waals surface area contributed by atoms with E-state index >= 15 is 0 Å². The fraction of sp³-hybridized carbons (Fsp3) is 0.200. The largest absolute Gasteiger partial charge is 0.207 e. The molecule has 1 heteroatoms. The third-order valence-corrected chi connectivity index (χ3v) is 4.63. The van der Waals surface area contributed by atoms with Crippen molar-refractivity contribution in [1.82, 2.24) is 0 Å². The van der Waals surface area contributed by atoms with Gasteiger partial charge in [-0.1, -0.05) is 54.6 Å². The van der Waals surface area contributed by atoms with Gasteiger partial charge in [0.25, 0.3) is 0 Å². The highest BCUT2D eigenvalue weighted by molar-refractivity contribution is 5.82. The normalized spacial score (nSPS) is 23.7. The molecule has 0 spiro atoms. The van der Waals surface area contributed by atoms with Crippen LogP contribution in [0.15, 0.2) is 66.7 Å². The van der Waals surface area contributed by atoms with Crippen LogP contribution in [0.25, 0.3) is 11.1 Å². The first-order chi connectivity index (χ1) is 10.3. The molecule has 2 atom stereocenters. The molecule has 0 unspecified atom stereocenters. The van der Waals surface area contributed by atoms with Crippen LogP contribution < -0.4 is 0 Å². The van der Waals surface area contributed by atoms with Gasteiger partial charge in [-0.05, 0) is 47.2 Å². The number of benzene rings is 2. The second-order valence-corrected chi connectivity index (χ2v) is 5.91. The smallest absolute Gasteiger partial charge is 0.123 e. The van der Waals surface area contributed by atoms with Gasteiger partial charge in [0, 0.05) is 11.8 Å². The molecule has 5 rings (SSSR count). The highest BCUT2D eigenvalue weighted by Gasteiger charge is 2.30. The van der Waals surface area contributed by atoms with Crippen LogP contribution in [0, 0.1) is 17.7 Å². The monoisotopic (exact) mass is 276 g/mol. The number of hydrogen-bond donors (Lipinski definition) is 0. The lowest BCUT2D eigenvalue weighted by molar-refractivity contribution is 0.556. The Bertz CT molecular complexity index is 707. The summed E-state index contributed by atoms with van der Waals surface area (Å²) in [6.45, 7) is 0. The molecule has 0 nitrogen and oxygen atoms in total. The summed E-state index contributed by atoms with van der Waals surface area (Å²) in [5, 5.41) is 0. The highest BCUT2D eigenvalue weighted by Crippen LogP contribution is 2.47.